The van der Waals surface area contributed by atoms with Crippen molar-refractivity contribution in [2.24, 2.45) is 5.92 Å². The second-order valence-corrected chi connectivity index (χ2v) is 10.2. The van der Waals surface area contributed by atoms with Gasteiger partial charge in [-0.05, 0) is 51.0 Å². The van der Waals surface area contributed by atoms with Gasteiger partial charge in [0.05, 0.1) is 26.9 Å². The van der Waals surface area contributed by atoms with E-state index in [1.807, 2.05) is 12.2 Å². The lowest BCUT2D eigenvalue weighted by molar-refractivity contribution is -0.141. The Morgan fingerprint density at radius 2 is 1.92 bits per heavy atom. The largest absolute Gasteiger partial charge is 0.435 e. The normalized spacial score (nSPS) is 17.5. The molecule has 0 spiro atoms. The molecule has 200 valence electrons. The van der Waals surface area contributed by atoms with E-state index in [-0.39, 0.29) is 33.1 Å². The first-order chi connectivity index (χ1) is 17.8. The molecule has 0 aromatic carbocycles. The van der Waals surface area contributed by atoms with Crippen LogP contribution in [0.25, 0.3) is 5.82 Å². The molecule has 0 radical (unpaired) electrons. The Morgan fingerprint density at radius 3 is 2.58 bits per heavy atom. The monoisotopic (exact) mass is 567 g/mol. The predicted octanol–water partition coefficient (Wildman–Crippen LogP) is 5.41. The molecule has 13 heteroatoms. The van der Waals surface area contributed by atoms with Crippen LogP contribution in [0.3, 0.4) is 0 Å². The van der Waals surface area contributed by atoms with Crippen LogP contribution in [0.2, 0.25) is 5.02 Å². The number of nitrogens with one attached hydrogen (secondary N) is 2. The zero-order valence-corrected chi connectivity index (χ0v) is 21.9. The molecule has 38 heavy (non-hydrogen) atoms. The molecule has 0 saturated carbocycles. The minimum atomic E-state index is -4.85. The van der Waals surface area contributed by atoms with E-state index >= 15 is 0 Å². The van der Waals surface area contributed by atoms with Crippen LogP contribution in [0, 0.1) is 5.92 Å². The number of nitrogens with zero attached hydrogens (tertiary/aromatic N) is 3. The molecule has 8 nitrogen and oxygen atoms in total. The average molecular weight is 568 g/mol. The fourth-order valence-corrected chi connectivity index (χ4v) is 4.27. The van der Waals surface area contributed by atoms with Crippen molar-refractivity contribution in [3.63, 3.8) is 0 Å². The third-order valence-electron chi connectivity index (χ3n) is 5.43. The number of amides is 2. The van der Waals surface area contributed by atoms with Crippen LogP contribution in [0.1, 0.15) is 43.4 Å². The molecule has 0 saturated heterocycles. The molecule has 2 aliphatic carbocycles. The van der Waals surface area contributed by atoms with Gasteiger partial charge in [-0.1, -0.05) is 41.4 Å². The lowest BCUT2D eigenvalue weighted by atomic mass is 9.84. The number of carbonyl (C=O) groups excluding carboxylic acids is 2. The number of hydroxylamine groups is 1. The first-order valence-electron chi connectivity index (χ1n) is 11.3. The summed E-state index contributed by atoms with van der Waals surface area (Å²) in [5.41, 5.74) is 0.367. The van der Waals surface area contributed by atoms with E-state index in [9.17, 15) is 22.8 Å². The summed E-state index contributed by atoms with van der Waals surface area (Å²) in [6.07, 6.45) is 3.94. The summed E-state index contributed by atoms with van der Waals surface area (Å²) in [5.74, 6) is -2.28. The topological polar surface area (TPSA) is 98.1 Å². The second kappa shape index (κ2) is 10.4. The molecule has 0 aliphatic heterocycles. The number of carbonyl (C=O) groups is 2. The van der Waals surface area contributed by atoms with Gasteiger partial charge < -0.3 is 5.32 Å². The van der Waals surface area contributed by atoms with Crippen LogP contribution in [-0.4, -0.2) is 32.2 Å². The predicted molar refractivity (Wildman–Crippen MR) is 134 cm³/mol. The second-order valence-electron chi connectivity index (χ2n) is 9.40. The third kappa shape index (κ3) is 5.85. The smallest absolute Gasteiger partial charge is 0.319 e. The van der Waals surface area contributed by atoms with Crippen LogP contribution >= 0.6 is 23.2 Å². The van der Waals surface area contributed by atoms with Gasteiger partial charge in [-0.15, -0.1) is 0 Å². The van der Waals surface area contributed by atoms with Crippen LogP contribution in [0.15, 0.2) is 70.6 Å². The molecule has 0 fully saturated rings. The van der Waals surface area contributed by atoms with Gasteiger partial charge in [0.15, 0.2) is 11.5 Å². The van der Waals surface area contributed by atoms with Crippen molar-refractivity contribution in [2.75, 3.05) is 0 Å². The lowest BCUT2D eigenvalue weighted by Gasteiger charge is -2.29. The Hall–Kier alpha value is -3.41. The van der Waals surface area contributed by atoms with Crippen molar-refractivity contribution in [3.8, 4) is 5.82 Å². The van der Waals surface area contributed by atoms with Crippen molar-refractivity contribution in [1.29, 1.82) is 0 Å². The van der Waals surface area contributed by atoms with E-state index in [0.29, 0.717) is 17.2 Å². The summed E-state index contributed by atoms with van der Waals surface area (Å²) < 4.78 is 41.3. The highest BCUT2D eigenvalue weighted by atomic mass is 35.5. The Morgan fingerprint density at radius 1 is 1.18 bits per heavy atom. The zero-order valence-electron chi connectivity index (χ0n) is 20.4. The fourth-order valence-electron chi connectivity index (χ4n) is 3.70. The van der Waals surface area contributed by atoms with Crippen molar-refractivity contribution < 1.29 is 27.6 Å². The van der Waals surface area contributed by atoms with Gasteiger partial charge in [-0.25, -0.2) is 15.1 Å². The van der Waals surface area contributed by atoms with Gasteiger partial charge in [-0.3, -0.25) is 14.4 Å². The van der Waals surface area contributed by atoms with Crippen LogP contribution in [0.4, 0.5) is 13.2 Å². The quantitative estimate of drug-likeness (QED) is 0.471. The molecule has 2 aliphatic rings. The van der Waals surface area contributed by atoms with Gasteiger partial charge in [-0.2, -0.15) is 18.3 Å². The van der Waals surface area contributed by atoms with Crippen LogP contribution in [-0.2, 0) is 15.8 Å². The maximum Gasteiger partial charge on any atom is 0.435 e. The Balaban J connectivity index is 1.75. The molecule has 2 N–H and O–H groups in total. The van der Waals surface area contributed by atoms with Gasteiger partial charge in [0.1, 0.15) is 5.69 Å². The van der Waals surface area contributed by atoms with E-state index in [2.05, 4.69) is 20.9 Å². The summed E-state index contributed by atoms with van der Waals surface area (Å²) in [4.78, 5) is 35.8. The lowest BCUT2D eigenvalue weighted by Crippen LogP contribution is -2.38. The van der Waals surface area contributed by atoms with Gasteiger partial charge >= 0.3 is 6.18 Å². The van der Waals surface area contributed by atoms with Crippen molar-refractivity contribution in [1.82, 2.24) is 25.6 Å². The molecule has 2 amide bonds. The highest BCUT2D eigenvalue weighted by Crippen LogP contribution is 2.39. The molecule has 2 heterocycles. The first-order valence-corrected chi connectivity index (χ1v) is 12.1. The van der Waals surface area contributed by atoms with E-state index in [0.717, 1.165) is 5.57 Å². The number of hydrogen-bond acceptors (Lipinski definition) is 5. The van der Waals surface area contributed by atoms with Gasteiger partial charge in [0, 0.05) is 18.2 Å². The molecule has 1 unspecified atom stereocenters. The summed E-state index contributed by atoms with van der Waals surface area (Å²) in [6.45, 7) is 5.17. The Bertz CT molecular complexity index is 1420. The number of halogens is 5. The SMILES string of the molecule is CC(C)(C)ONC(=O)C1=CC2=CC=CCC2C(Cl)=C1NC(=O)c1cc(C(F)(F)F)nn1-c1ncccc1Cl. The molecule has 0 bridgehead atoms. The molecule has 2 aromatic rings. The third-order valence-corrected chi connectivity index (χ3v) is 6.18. The zero-order chi connectivity index (χ0) is 27.8. The number of aromatic nitrogens is 3. The summed E-state index contributed by atoms with van der Waals surface area (Å²) in [5, 5.41) is 6.14. The maximum atomic E-state index is 13.5. The first kappa shape index (κ1) is 27.6. The number of hydrogen-bond donors (Lipinski definition) is 2. The minimum Gasteiger partial charge on any atom is -0.319 e. The highest BCUT2D eigenvalue weighted by Gasteiger charge is 2.38. The standard InChI is InChI=1S/C25H22Cl2F3N5O3/c1-24(2,3)38-34-22(36)15-11-13-7-4-5-8-14(13)19(27)20(15)32-23(37)17-12-18(25(28,29)30)33-35(17)21-16(26)9-6-10-31-21/h4-7,9-12,14H,8H2,1-3H3,(H,32,37)(H,34,36). The van der Waals surface area contributed by atoms with Gasteiger partial charge in [0.2, 0.25) is 0 Å². The van der Waals surface area contributed by atoms with Crippen molar-refractivity contribution in [3.05, 3.63) is 87.0 Å². The molecule has 1 atom stereocenters. The molecule has 4 rings (SSSR count). The average Bonchev–Trinajstić information content (AvgIpc) is 3.30. The summed E-state index contributed by atoms with van der Waals surface area (Å²) in [6, 6.07) is 3.44. The Labute approximate surface area is 225 Å². The van der Waals surface area contributed by atoms with E-state index in [4.69, 9.17) is 28.0 Å². The molecular formula is C25H22Cl2F3N5O3. The van der Waals surface area contributed by atoms with E-state index < -0.39 is 35.0 Å². The highest BCUT2D eigenvalue weighted by molar-refractivity contribution is 6.32. The van der Waals surface area contributed by atoms with E-state index in [1.54, 1.807) is 32.9 Å². The summed E-state index contributed by atoms with van der Waals surface area (Å²) in [7, 11) is 0. The van der Waals surface area contributed by atoms with Crippen molar-refractivity contribution in [2.45, 2.75) is 39.0 Å². The molecule has 2 aromatic heterocycles. The maximum absolute atomic E-state index is 13.5. The van der Waals surface area contributed by atoms with Crippen LogP contribution in [0.5, 0.6) is 0 Å². The number of fused-ring (bicyclic) bond motifs is 1. The van der Waals surface area contributed by atoms with Crippen molar-refractivity contribution >= 4 is 35.0 Å². The number of allylic oxidation sites excluding steroid dienone is 6. The van der Waals surface area contributed by atoms with Crippen LogP contribution < -0.4 is 10.8 Å². The number of pyridine rings is 1. The summed E-state index contributed by atoms with van der Waals surface area (Å²) >= 11 is 12.8. The van der Waals surface area contributed by atoms with Gasteiger partial charge in [0.25, 0.3) is 11.8 Å². The fraction of sp³-hybridized carbons (Fsp3) is 0.280. The van der Waals surface area contributed by atoms with E-state index in [1.165, 1.54) is 18.3 Å². The number of rotatable bonds is 5. The number of alkyl halides is 3. The Kier molecular flexibility index (Phi) is 7.55. The minimum absolute atomic E-state index is 0.0312. The molecular weight excluding hydrogens is 546 g/mol.